The Morgan fingerprint density at radius 1 is 0.488 bits per heavy atom. The fourth-order valence-corrected chi connectivity index (χ4v) is 9.26. The summed E-state index contributed by atoms with van der Waals surface area (Å²) in [7, 11) is 0. The van der Waals surface area contributed by atoms with Crippen molar-refractivity contribution in [3.05, 3.63) is 163 Å². The second-order valence-electron chi connectivity index (χ2n) is 11.8. The molecule has 1 aromatic heterocycles. The zero-order valence-electron chi connectivity index (χ0n) is 24.3. The van der Waals surface area contributed by atoms with Gasteiger partial charge in [-0.25, -0.2) is 0 Å². The minimum absolute atomic E-state index is 0.0906. The third-order valence-electron chi connectivity index (χ3n) is 8.94. The minimum atomic E-state index is -0.0906. The molecule has 0 atom stereocenters. The molecule has 0 bridgehead atoms. The Labute approximate surface area is 258 Å². The van der Waals surface area contributed by atoms with Gasteiger partial charge in [-0.1, -0.05) is 30.3 Å². The molecular weight excluding hydrogens is 585 g/mol. The maximum atomic E-state index is 2.42. The molecule has 0 radical (unpaired) electrons. The van der Waals surface area contributed by atoms with Gasteiger partial charge in [-0.3, -0.25) is 0 Å². The second kappa shape index (κ2) is 10.3. The number of anilines is 3. The van der Waals surface area contributed by atoms with Crippen molar-refractivity contribution in [2.24, 2.45) is 0 Å². The first-order valence-corrected chi connectivity index (χ1v) is 16.6. The van der Waals surface area contributed by atoms with Crippen LogP contribution >= 0.6 is 0 Å². The summed E-state index contributed by atoms with van der Waals surface area (Å²) in [5, 5.41) is 8.09. The van der Waals surface area contributed by atoms with Crippen LogP contribution in [0.4, 0.5) is 17.1 Å². The summed E-state index contributed by atoms with van der Waals surface area (Å²) < 4.78 is 2.99. The van der Waals surface area contributed by atoms with Gasteiger partial charge in [-0.2, -0.15) is 0 Å². The summed E-state index contributed by atoms with van der Waals surface area (Å²) in [4.78, 5) is 2.42. The van der Waals surface area contributed by atoms with Crippen molar-refractivity contribution in [3.63, 3.8) is 0 Å². The molecule has 43 heavy (non-hydrogen) atoms. The van der Waals surface area contributed by atoms with Gasteiger partial charge >= 0.3 is 229 Å². The molecule has 8 rings (SSSR count). The van der Waals surface area contributed by atoms with Crippen LogP contribution in [0.2, 0.25) is 0 Å². The van der Waals surface area contributed by atoms with Gasteiger partial charge < -0.3 is 0 Å². The average Bonchev–Trinajstić information content (AvgIpc) is 3.45. The molecule has 1 nitrogen and oxygen atoms in total. The molecule has 206 valence electrons. The van der Waals surface area contributed by atoms with Crippen LogP contribution in [0.5, 0.6) is 0 Å². The first kappa shape index (κ1) is 26.0. The van der Waals surface area contributed by atoms with E-state index in [4.69, 9.17) is 0 Å². The Bertz CT molecular complexity index is 2240. The van der Waals surface area contributed by atoms with Gasteiger partial charge in [-0.15, -0.1) is 0 Å². The van der Waals surface area contributed by atoms with E-state index >= 15 is 0 Å². The van der Waals surface area contributed by atoms with Crippen molar-refractivity contribution in [2.75, 3.05) is 4.90 Å². The van der Waals surface area contributed by atoms with Crippen molar-refractivity contribution in [3.8, 4) is 0 Å². The van der Waals surface area contributed by atoms with E-state index in [0.717, 1.165) is 11.4 Å². The van der Waals surface area contributed by atoms with E-state index in [1.165, 1.54) is 57.7 Å². The van der Waals surface area contributed by atoms with Crippen molar-refractivity contribution in [2.45, 2.75) is 19.3 Å². The zero-order chi connectivity index (χ0) is 29.0. The predicted molar refractivity (Wildman–Crippen MR) is 187 cm³/mol. The van der Waals surface area contributed by atoms with Gasteiger partial charge in [0.05, 0.1) is 0 Å². The van der Waals surface area contributed by atoms with E-state index in [9.17, 15) is 0 Å². The molecule has 0 saturated carbocycles. The van der Waals surface area contributed by atoms with Crippen molar-refractivity contribution < 1.29 is 0 Å². The van der Waals surface area contributed by atoms with Gasteiger partial charge in [0.25, 0.3) is 0 Å². The van der Waals surface area contributed by atoms with Gasteiger partial charge in [-0.05, 0) is 0 Å². The quantitative estimate of drug-likeness (QED) is 0.137. The summed E-state index contributed by atoms with van der Waals surface area (Å²) in [5.41, 5.74) is 6.04. The van der Waals surface area contributed by atoms with Gasteiger partial charge in [0, 0.05) is 0 Å². The van der Waals surface area contributed by atoms with Crippen LogP contribution in [0.15, 0.2) is 152 Å². The van der Waals surface area contributed by atoms with Crippen molar-refractivity contribution in [1.29, 1.82) is 0 Å². The Morgan fingerprint density at radius 2 is 1.07 bits per heavy atom. The molecule has 0 spiro atoms. The monoisotopic (exact) mass is 617 g/mol. The number of fused-ring (bicyclic) bond motifs is 7. The van der Waals surface area contributed by atoms with Crippen LogP contribution in [0, 0.1) is 0 Å². The number of hydrogen-bond acceptors (Lipinski definition) is 1. The number of hydrogen-bond donors (Lipinski definition) is 0. The van der Waals surface area contributed by atoms with Crippen LogP contribution in [0.1, 0.15) is 25.0 Å². The van der Waals surface area contributed by atoms with E-state index in [0.29, 0.717) is 0 Å². The molecule has 0 unspecified atom stereocenters. The molecule has 0 amide bonds. The van der Waals surface area contributed by atoms with Crippen LogP contribution in [-0.4, -0.2) is 14.5 Å². The molecule has 2 heteroatoms. The van der Waals surface area contributed by atoms with Gasteiger partial charge in [0.1, 0.15) is 0 Å². The van der Waals surface area contributed by atoms with Crippen LogP contribution in [0.3, 0.4) is 0 Å². The molecule has 0 aliphatic heterocycles. The van der Waals surface area contributed by atoms with E-state index in [1.807, 2.05) is 0 Å². The Balaban J connectivity index is 1.35. The summed E-state index contributed by atoms with van der Waals surface area (Å²) in [6.45, 7) is 4.61. The number of nitrogens with zero attached hydrogens (tertiary/aromatic N) is 1. The summed E-state index contributed by atoms with van der Waals surface area (Å²) in [5.74, 6) is 0. The van der Waals surface area contributed by atoms with Crippen molar-refractivity contribution in [1.82, 2.24) is 0 Å². The molecule has 0 saturated heterocycles. The van der Waals surface area contributed by atoms with Crippen LogP contribution < -0.4 is 4.90 Å². The maximum absolute atomic E-state index is 2.42. The Morgan fingerprint density at radius 3 is 1.81 bits per heavy atom. The van der Waals surface area contributed by atoms with Crippen molar-refractivity contribution >= 4 is 72.4 Å². The second-order valence-corrected chi connectivity index (χ2v) is 14.0. The SMILES string of the molecule is CC(C)(c1ccccc1)c1ccc(N(c2ccccc2)c2cc3ccc4c5ccccc5[se]c4c3c3ccccc23)cc1. The van der Waals surface area contributed by atoms with Crippen LogP contribution in [0.25, 0.3) is 40.8 Å². The number of rotatable bonds is 5. The molecular formula is C41H31NSe. The standard InChI is InChI=1S/C41H31NSe/c1-41(2,29-13-5-3-6-14-29)30-22-24-32(25-23-30)42(31-15-7-4-8-16-31)37-27-28-21-26-36-34-18-11-12-20-38(34)43-40(36)39(28)35-19-10-9-17-33(35)37/h3-27H,1-2H3. The van der Waals surface area contributed by atoms with Gasteiger partial charge in [0.2, 0.25) is 0 Å². The van der Waals surface area contributed by atoms with E-state index in [2.05, 4.69) is 170 Å². The molecule has 0 N–H and O–H groups in total. The molecule has 8 aromatic rings. The number of benzene rings is 7. The third kappa shape index (κ3) is 4.29. The van der Waals surface area contributed by atoms with Crippen LogP contribution in [-0.2, 0) is 5.41 Å². The third-order valence-corrected chi connectivity index (χ3v) is 11.5. The molecule has 0 aliphatic carbocycles. The molecule has 0 fully saturated rings. The first-order chi connectivity index (χ1) is 21.1. The topological polar surface area (TPSA) is 3.24 Å². The summed E-state index contributed by atoms with van der Waals surface area (Å²) >= 11 is 0.288. The molecule has 1 heterocycles. The Kier molecular flexibility index (Phi) is 6.22. The normalized spacial score (nSPS) is 12.0. The fraction of sp³-hybridized carbons (Fsp3) is 0.0732. The molecule has 7 aromatic carbocycles. The van der Waals surface area contributed by atoms with E-state index in [1.54, 1.807) is 0 Å². The predicted octanol–water partition coefficient (Wildman–Crippen LogP) is 11.2. The number of para-hydroxylation sites is 1. The van der Waals surface area contributed by atoms with E-state index in [-0.39, 0.29) is 19.9 Å². The fourth-order valence-electron chi connectivity index (χ4n) is 6.59. The van der Waals surface area contributed by atoms with Gasteiger partial charge in [0.15, 0.2) is 0 Å². The Hall–Kier alpha value is -4.62. The first-order valence-electron chi connectivity index (χ1n) is 14.9. The molecule has 0 aliphatic rings. The average molecular weight is 617 g/mol. The summed E-state index contributed by atoms with van der Waals surface area (Å²) in [6.07, 6.45) is 0. The van der Waals surface area contributed by atoms with E-state index < -0.39 is 0 Å². The zero-order valence-corrected chi connectivity index (χ0v) is 26.0. The summed E-state index contributed by atoms with van der Waals surface area (Å²) in [6, 6.07) is 55.7.